The summed E-state index contributed by atoms with van der Waals surface area (Å²) < 4.78 is 1.05. The van der Waals surface area contributed by atoms with Gasteiger partial charge in [-0.1, -0.05) is 40.2 Å². The van der Waals surface area contributed by atoms with Crippen LogP contribution in [0.1, 0.15) is 24.8 Å². The molecule has 0 saturated carbocycles. The van der Waals surface area contributed by atoms with E-state index in [-0.39, 0.29) is 6.42 Å². The molecule has 2 nitrogen and oxygen atoms in total. The van der Waals surface area contributed by atoms with Crippen LogP contribution in [0.15, 0.2) is 34.8 Å². The zero-order chi connectivity index (χ0) is 11.1. The van der Waals surface area contributed by atoms with E-state index in [2.05, 4.69) is 15.9 Å². The van der Waals surface area contributed by atoms with Crippen molar-refractivity contribution in [2.45, 2.75) is 19.3 Å². The lowest BCUT2D eigenvalue weighted by Gasteiger charge is -1.94. The van der Waals surface area contributed by atoms with E-state index in [4.69, 9.17) is 5.11 Å². The summed E-state index contributed by atoms with van der Waals surface area (Å²) in [7, 11) is 0. The van der Waals surface area contributed by atoms with Gasteiger partial charge in [0.1, 0.15) is 0 Å². The first-order valence-electron chi connectivity index (χ1n) is 4.82. The topological polar surface area (TPSA) is 37.3 Å². The summed E-state index contributed by atoms with van der Waals surface area (Å²) in [5, 5.41) is 8.44. The molecular formula is C12H13BrO2. The lowest BCUT2D eigenvalue weighted by Crippen LogP contribution is -1.92. The van der Waals surface area contributed by atoms with Crippen molar-refractivity contribution in [3.8, 4) is 0 Å². The minimum atomic E-state index is -0.731. The summed E-state index contributed by atoms with van der Waals surface area (Å²) in [5.41, 5.74) is 1.12. The Balaban J connectivity index is 2.35. The van der Waals surface area contributed by atoms with E-state index in [9.17, 15) is 4.79 Å². The number of hydrogen-bond donors (Lipinski definition) is 1. The van der Waals surface area contributed by atoms with Crippen LogP contribution < -0.4 is 0 Å². The van der Waals surface area contributed by atoms with E-state index >= 15 is 0 Å². The average Bonchev–Trinajstić information content (AvgIpc) is 2.17. The first kappa shape index (κ1) is 12.0. The van der Waals surface area contributed by atoms with Crippen molar-refractivity contribution < 1.29 is 9.90 Å². The first-order chi connectivity index (χ1) is 7.18. The van der Waals surface area contributed by atoms with Crippen molar-refractivity contribution in [2.24, 2.45) is 0 Å². The molecule has 80 valence electrons. The van der Waals surface area contributed by atoms with Gasteiger partial charge in [-0.25, -0.2) is 0 Å². The van der Waals surface area contributed by atoms with Crippen molar-refractivity contribution in [1.82, 2.24) is 0 Å². The van der Waals surface area contributed by atoms with E-state index in [1.165, 1.54) is 0 Å². The largest absolute Gasteiger partial charge is 0.481 e. The molecule has 0 aromatic heterocycles. The van der Waals surface area contributed by atoms with Crippen LogP contribution in [-0.2, 0) is 4.79 Å². The second-order valence-electron chi connectivity index (χ2n) is 3.24. The molecule has 0 spiro atoms. The molecule has 0 aliphatic rings. The van der Waals surface area contributed by atoms with Gasteiger partial charge in [0.2, 0.25) is 0 Å². The maximum Gasteiger partial charge on any atom is 0.303 e. The second kappa shape index (κ2) is 6.40. The Kier molecular flexibility index (Phi) is 5.12. The van der Waals surface area contributed by atoms with Gasteiger partial charge in [-0.2, -0.15) is 0 Å². The Morgan fingerprint density at radius 2 is 2.27 bits per heavy atom. The third-order valence-electron chi connectivity index (χ3n) is 1.92. The van der Waals surface area contributed by atoms with Gasteiger partial charge >= 0.3 is 5.97 Å². The smallest absolute Gasteiger partial charge is 0.303 e. The predicted octanol–water partition coefficient (Wildman–Crippen LogP) is 3.72. The molecule has 0 radical (unpaired) electrons. The summed E-state index contributed by atoms with van der Waals surface area (Å²) in [6.45, 7) is 0. The normalized spacial score (nSPS) is 10.7. The number of rotatable bonds is 5. The van der Waals surface area contributed by atoms with Crippen molar-refractivity contribution in [1.29, 1.82) is 0 Å². The van der Waals surface area contributed by atoms with Crippen LogP contribution in [0, 0.1) is 0 Å². The van der Waals surface area contributed by atoms with Crippen LogP contribution in [0.4, 0.5) is 0 Å². The standard InChI is InChI=1S/C12H13BrO2/c13-11-7-4-6-10(9-11)5-2-1-3-8-12(14)15/h2,4-7,9H,1,3,8H2,(H,14,15)/b5-2+. The Labute approximate surface area is 97.8 Å². The van der Waals surface area contributed by atoms with Crippen LogP contribution in [-0.4, -0.2) is 11.1 Å². The molecule has 0 unspecified atom stereocenters. The van der Waals surface area contributed by atoms with E-state index in [1.807, 2.05) is 36.4 Å². The zero-order valence-corrected chi connectivity index (χ0v) is 9.90. The predicted molar refractivity (Wildman–Crippen MR) is 64.7 cm³/mol. The van der Waals surface area contributed by atoms with Crippen molar-refractivity contribution in [2.75, 3.05) is 0 Å². The third-order valence-corrected chi connectivity index (χ3v) is 2.41. The number of carbonyl (C=O) groups is 1. The Hall–Kier alpha value is -1.09. The van der Waals surface area contributed by atoms with Gasteiger partial charge in [-0.05, 0) is 30.5 Å². The Morgan fingerprint density at radius 1 is 1.47 bits per heavy atom. The van der Waals surface area contributed by atoms with E-state index in [1.54, 1.807) is 0 Å². The fourth-order valence-corrected chi connectivity index (χ4v) is 1.62. The number of unbranched alkanes of at least 4 members (excludes halogenated alkanes) is 1. The molecule has 1 aromatic carbocycles. The molecule has 0 fully saturated rings. The number of hydrogen-bond acceptors (Lipinski definition) is 1. The fraction of sp³-hybridized carbons (Fsp3) is 0.250. The van der Waals surface area contributed by atoms with E-state index < -0.39 is 5.97 Å². The van der Waals surface area contributed by atoms with Crippen molar-refractivity contribution in [3.63, 3.8) is 0 Å². The summed E-state index contributed by atoms with van der Waals surface area (Å²) in [6.07, 6.45) is 5.75. The van der Waals surface area contributed by atoms with Crippen LogP contribution in [0.5, 0.6) is 0 Å². The lowest BCUT2D eigenvalue weighted by molar-refractivity contribution is -0.137. The molecule has 0 saturated heterocycles. The number of carboxylic acid groups (broad SMARTS) is 1. The minimum absolute atomic E-state index is 0.239. The van der Waals surface area contributed by atoms with Gasteiger partial charge in [0.25, 0.3) is 0 Å². The zero-order valence-electron chi connectivity index (χ0n) is 8.32. The summed E-state index contributed by atoms with van der Waals surface area (Å²) in [6, 6.07) is 7.98. The van der Waals surface area contributed by atoms with Gasteiger partial charge in [0, 0.05) is 10.9 Å². The molecule has 0 amide bonds. The number of benzene rings is 1. The second-order valence-corrected chi connectivity index (χ2v) is 4.16. The van der Waals surface area contributed by atoms with Crippen LogP contribution in [0.25, 0.3) is 6.08 Å². The molecule has 0 aliphatic carbocycles. The fourth-order valence-electron chi connectivity index (χ4n) is 1.20. The maximum atomic E-state index is 10.2. The number of halogens is 1. The highest BCUT2D eigenvalue weighted by Gasteiger charge is 1.93. The molecule has 1 aromatic rings. The Morgan fingerprint density at radius 3 is 2.93 bits per heavy atom. The lowest BCUT2D eigenvalue weighted by atomic mass is 10.1. The first-order valence-corrected chi connectivity index (χ1v) is 5.61. The van der Waals surface area contributed by atoms with Crippen molar-refractivity contribution in [3.05, 3.63) is 40.4 Å². The van der Waals surface area contributed by atoms with E-state index in [0.717, 1.165) is 16.5 Å². The molecule has 0 aliphatic heterocycles. The van der Waals surface area contributed by atoms with E-state index in [0.29, 0.717) is 6.42 Å². The molecule has 15 heavy (non-hydrogen) atoms. The number of allylic oxidation sites excluding steroid dienone is 1. The summed E-state index contributed by atoms with van der Waals surface area (Å²) in [5.74, 6) is -0.731. The van der Waals surface area contributed by atoms with Crippen molar-refractivity contribution >= 4 is 28.0 Å². The van der Waals surface area contributed by atoms with Crippen LogP contribution >= 0.6 is 15.9 Å². The van der Waals surface area contributed by atoms with Gasteiger partial charge in [0.15, 0.2) is 0 Å². The molecule has 0 heterocycles. The molecule has 3 heteroatoms. The molecule has 1 N–H and O–H groups in total. The van der Waals surface area contributed by atoms with Gasteiger partial charge < -0.3 is 5.11 Å². The van der Waals surface area contributed by atoms with Crippen LogP contribution in [0.3, 0.4) is 0 Å². The minimum Gasteiger partial charge on any atom is -0.481 e. The SMILES string of the molecule is O=C(O)CCC/C=C/c1cccc(Br)c1. The highest BCUT2D eigenvalue weighted by molar-refractivity contribution is 9.10. The average molecular weight is 269 g/mol. The maximum absolute atomic E-state index is 10.2. The van der Waals surface area contributed by atoms with Gasteiger partial charge in [-0.15, -0.1) is 0 Å². The quantitative estimate of drug-likeness (QED) is 0.827. The monoisotopic (exact) mass is 268 g/mol. The number of carboxylic acids is 1. The third kappa shape index (κ3) is 5.37. The summed E-state index contributed by atoms with van der Waals surface area (Å²) in [4.78, 5) is 10.2. The Bertz CT molecular complexity index is 358. The number of aliphatic carboxylic acids is 1. The van der Waals surface area contributed by atoms with Gasteiger partial charge in [0.05, 0.1) is 0 Å². The highest BCUT2D eigenvalue weighted by Crippen LogP contribution is 2.13. The van der Waals surface area contributed by atoms with Gasteiger partial charge in [-0.3, -0.25) is 4.79 Å². The molecule has 1 rings (SSSR count). The molecule has 0 bridgehead atoms. The highest BCUT2D eigenvalue weighted by atomic mass is 79.9. The van der Waals surface area contributed by atoms with Crippen LogP contribution in [0.2, 0.25) is 0 Å². The molecule has 0 atom stereocenters. The molecular weight excluding hydrogens is 256 g/mol. The summed E-state index contributed by atoms with van der Waals surface area (Å²) >= 11 is 3.39.